The van der Waals surface area contributed by atoms with Gasteiger partial charge in [0.1, 0.15) is 11.1 Å². The van der Waals surface area contributed by atoms with Crippen LogP contribution in [0.4, 0.5) is 9.80 Å². The summed E-state index contributed by atoms with van der Waals surface area (Å²) in [5.41, 5.74) is 1.47. The molecule has 1 aromatic rings. The van der Waals surface area contributed by atoms with Gasteiger partial charge < -0.3 is 14.4 Å². The molecule has 0 radical (unpaired) electrons. The minimum absolute atomic E-state index is 0.135. The zero-order valence-electron chi connectivity index (χ0n) is 15.0. The van der Waals surface area contributed by atoms with Crippen LogP contribution in [0.15, 0.2) is 0 Å². The summed E-state index contributed by atoms with van der Waals surface area (Å²) in [4.78, 5) is 26.9. The molecule has 0 saturated carbocycles. The molecule has 0 aromatic carbocycles. The van der Waals surface area contributed by atoms with E-state index in [0.29, 0.717) is 63.0 Å². The van der Waals surface area contributed by atoms with E-state index < -0.39 is 0 Å². The smallest absolute Gasteiger partial charge is 0.410 e. The largest absolute Gasteiger partial charge is 0.450 e. The molecule has 0 spiro atoms. The highest BCUT2D eigenvalue weighted by molar-refractivity contribution is 7.16. The summed E-state index contributed by atoms with van der Waals surface area (Å²) >= 11 is 1.41. The van der Waals surface area contributed by atoms with E-state index in [4.69, 9.17) is 9.47 Å². The lowest BCUT2D eigenvalue weighted by atomic mass is 10.0. The molecule has 0 aliphatic carbocycles. The summed E-state index contributed by atoms with van der Waals surface area (Å²) < 4.78 is 10.4. The number of ether oxygens (including phenoxy) is 2. The van der Waals surface area contributed by atoms with Crippen molar-refractivity contribution in [3.63, 3.8) is 0 Å². The molecule has 1 fully saturated rings. The van der Waals surface area contributed by atoms with E-state index in [9.17, 15) is 14.9 Å². The number of amides is 2. The highest BCUT2D eigenvalue weighted by Crippen LogP contribution is 2.39. The molecule has 0 unspecified atom stereocenters. The zero-order chi connectivity index (χ0) is 18.7. The van der Waals surface area contributed by atoms with E-state index in [0.717, 1.165) is 10.4 Å². The Bertz CT molecular complexity index is 736. The van der Waals surface area contributed by atoms with Crippen molar-refractivity contribution in [1.29, 1.82) is 5.26 Å². The third kappa shape index (κ3) is 3.53. The Hall–Kier alpha value is -2.15. The van der Waals surface area contributed by atoms with Crippen LogP contribution in [-0.2, 0) is 27.2 Å². The van der Waals surface area contributed by atoms with Crippen LogP contribution in [0.5, 0.6) is 0 Å². The van der Waals surface area contributed by atoms with Crippen LogP contribution in [-0.4, -0.2) is 61.4 Å². The van der Waals surface area contributed by atoms with E-state index in [-0.39, 0.29) is 12.0 Å². The Labute approximate surface area is 156 Å². The Morgan fingerprint density at radius 3 is 2.69 bits per heavy atom. The highest BCUT2D eigenvalue weighted by atomic mass is 32.1. The number of hydrogen-bond donors (Lipinski definition) is 0. The number of nitrogens with zero attached hydrogens (tertiary/aromatic N) is 4. The zero-order valence-corrected chi connectivity index (χ0v) is 15.8. The first-order chi connectivity index (χ1) is 12.6. The van der Waals surface area contributed by atoms with Gasteiger partial charge in [-0.1, -0.05) is 0 Å². The van der Waals surface area contributed by atoms with Gasteiger partial charge >= 0.3 is 6.09 Å². The number of carbonyl (C=O) groups excluding carboxylic acids is 2. The molecule has 1 saturated heterocycles. The van der Waals surface area contributed by atoms with Gasteiger partial charge in [0.2, 0.25) is 5.91 Å². The minimum atomic E-state index is -0.344. The molecule has 2 amide bonds. The van der Waals surface area contributed by atoms with Gasteiger partial charge in [0, 0.05) is 31.4 Å². The van der Waals surface area contributed by atoms with Crippen molar-refractivity contribution < 1.29 is 19.1 Å². The van der Waals surface area contributed by atoms with E-state index >= 15 is 0 Å². The number of anilines is 1. The van der Waals surface area contributed by atoms with E-state index in [1.165, 1.54) is 18.3 Å². The fraction of sp³-hybridized carbons (Fsp3) is 0.588. The molecule has 0 atom stereocenters. The standard InChI is InChI=1S/C17H22N4O4S/c1-3-25-17(23)19-5-4-13-14(10-18)16(26-15(13)11-19)21(12(2)22)20-6-8-24-9-7-20/h3-9,11H2,1-2H3. The summed E-state index contributed by atoms with van der Waals surface area (Å²) in [6.07, 6.45) is 0.241. The predicted octanol–water partition coefficient (Wildman–Crippen LogP) is 1.73. The fourth-order valence-electron chi connectivity index (χ4n) is 3.25. The van der Waals surface area contributed by atoms with Crippen molar-refractivity contribution in [2.75, 3.05) is 44.5 Å². The van der Waals surface area contributed by atoms with Gasteiger partial charge in [0.25, 0.3) is 0 Å². The fourth-order valence-corrected chi connectivity index (χ4v) is 4.63. The first-order valence-electron chi connectivity index (χ1n) is 8.66. The van der Waals surface area contributed by atoms with Crippen molar-refractivity contribution in [2.24, 2.45) is 0 Å². The summed E-state index contributed by atoms with van der Waals surface area (Å²) in [6.45, 7) is 6.81. The molecule has 3 heterocycles. The van der Waals surface area contributed by atoms with Gasteiger partial charge in [-0.3, -0.25) is 4.79 Å². The Balaban J connectivity index is 1.92. The molecule has 1 aromatic heterocycles. The number of hydrazine groups is 1. The lowest BCUT2D eigenvalue weighted by Crippen LogP contribution is -2.51. The van der Waals surface area contributed by atoms with E-state index in [1.54, 1.807) is 16.8 Å². The first kappa shape index (κ1) is 18.6. The number of fused-ring (bicyclic) bond motifs is 1. The summed E-state index contributed by atoms with van der Waals surface area (Å²) in [5, 5.41) is 13.9. The number of carbonyl (C=O) groups is 2. The average Bonchev–Trinajstić information content (AvgIpc) is 2.99. The number of rotatable bonds is 3. The molecule has 0 N–H and O–H groups in total. The molecule has 0 bridgehead atoms. The van der Waals surface area contributed by atoms with Crippen LogP contribution >= 0.6 is 11.3 Å². The molecule has 2 aliphatic rings. The Morgan fingerprint density at radius 2 is 2.08 bits per heavy atom. The number of morpholine rings is 1. The van der Waals surface area contributed by atoms with Crippen LogP contribution in [0, 0.1) is 11.3 Å². The normalized spacial score (nSPS) is 17.3. The number of thiophene rings is 1. The molecular formula is C17H22N4O4S. The molecule has 3 rings (SSSR count). The Kier molecular flexibility index (Phi) is 5.76. The molecule has 140 valence electrons. The average molecular weight is 378 g/mol. The van der Waals surface area contributed by atoms with Crippen molar-refractivity contribution in [3.05, 3.63) is 16.0 Å². The predicted molar refractivity (Wildman–Crippen MR) is 95.7 cm³/mol. The summed E-state index contributed by atoms with van der Waals surface area (Å²) in [5.74, 6) is -0.135. The van der Waals surface area contributed by atoms with Gasteiger partial charge in [-0.25, -0.2) is 14.8 Å². The lowest BCUT2D eigenvalue weighted by molar-refractivity contribution is -0.120. The second kappa shape index (κ2) is 8.03. The Morgan fingerprint density at radius 1 is 1.35 bits per heavy atom. The molecule has 8 nitrogen and oxygen atoms in total. The first-order valence-corrected chi connectivity index (χ1v) is 9.48. The van der Waals surface area contributed by atoms with Gasteiger partial charge in [-0.2, -0.15) is 5.26 Å². The van der Waals surface area contributed by atoms with Gasteiger partial charge in [-0.05, 0) is 18.9 Å². The van der Waals surface area contributed by atoms with Gasteiger partial charge in [0.05, 0.1) is 31.9 Å². The second-order valence-electron chi connectivity index (χ2n) is 6.06. The monoisotopic (exact) mass is 378 g/mol. The molecule has 9 heteroatoms. The molecule has 2 aliphatic heterocycles. The van der Waals surface area contributed by atoms with Crippen molar-refractivity contribution in [3.8, 4) is 6.07 Å². The van der Waals surface area contributed by atoms with E-state index in [1.807, 2.05) is 5.01 Å². The van der Waals surface area contributed by atoms with Gasteiger partial charge in [0.15, 0.2) is 0 Å². The van der Waals surface area contributed by atoms with Crippen LogP contribution in [0.2, 0.25) is 0 Å². The maximum atomic E-state index is 12.3. The number of hydrogen-bond acceptors (Lipinski definition) is 7. The molecular weight excluding hydrogens is 356 g/mol. The van der Waals surface area contributed by atoms with Crippen molar-refractivity contribution >= 4 is 28.3 Å². The second-order valence-corrected chi connectivity index (χ2v) is 7.15. The van der Waals surface area contributed by atoms with Crippen LogP contribution in [0.25, 0.3) is 0 Å². The van der Waals surface area contributed by atoms with Crippen LogP contribution < -0.4 is 5.01 Å². The quantitative estimate of drug-likeness (QED) is 0.796. The maximum Gasteiger partial charge on any atom is 0.410 e. The third-order valence-corrected chi connectivity index (χ3v) is 5.63. The van der Waals surface area contributed by atoms with Gasteiger partial charge in [-0.15, -0.1) is 11.3 Å². The summed E-state index contributed by atoms with van der Waals surface area (Å²) in [6, 6.07) is 2.27. The maximum absolute atomic E-state index is 12.3. The van der Waals surface area contributed by atoms with Crippen LogP contribution in [0.1, 0.15) is 29.9 Å². The highest BCUT2D eigenvalue weighted by Gasteiger charge is 2.32. The topological polar surface area (TPSA) is 86.1 Å². The third-order valence-electron chi connectivity index (χ3n) is 4.44. The minimum Gasteiger partial charge on any atom is -0.450 e. The molecule has 26 heavy (non-hydrogen) atoms. The van der Waals surface area contributed by atoms with Crippen molar-refractivity contribution in [2.45, 2.75) is 26.8 Å². The van der Waals surface area contributed by atoms with Crippen LogP contribution in [0.3, 0.4) is 0 Å². The lowest BCUT2D eigenvalue weighted by Gasteiger charge is -2.35. The number of nitriles is 1. The van der Waals surface area contributed by atoms with Crippen molar-refractivity contribution in [1.82, 2.24) is 9.91 Å². The summed E-state index contributed by atoms with van der Waals surface area (Å²) in [7, 11) is 0. The SMILES string of the molecule is CCOC(=O)N1CCc2c(sc(N(C(C)=O)N3CCOCC3)c2C#N)C1. The van der Waals surface area contributed by atoms with E-state index in [2.05, 4.69) is 6.07 Å².